The van der Waals surface area contributed by atoms with Gasteiger partial charge >= 0.3 is 0 Å². The molecule has 0 saturated heterocycles. The molecule has 0 unspecified atom stereocenters. The molecule has 0 spiro atoms. The molecule has 0 N–H and O–H groups in total. The van der Waals surface area contributed by atoms with Gasteiger partial charge in [-0.3, -0.25) is 4.79 Å². The number of hydrogen-bond acceptors (Lipinski definition) is 4. The molecular formula is C21H21FN2O2S. The number of rotatable bonds is 7. The molecule has 0 radical (unpaired) electrons. The third-order valence-electron chi connectivity index (χ3n) is 4.09. The van der Waals surface area contributed by atoms with Gasteiger partial charge in [0.15, 0.2) is 0 Å². The number of ether oxygens (including phenoxy) is 1. The quantitative estimate of drug-likeness (QED) is 0.586. The van der Waals surface area contributed by atoms with Crippen molar-refractivity contribution in [2.75, 3.05) is 6.54 Å². The fourth-order valence-corrected chi connectivity index (χ4v) is 3.28. The molecule has 27 heavy (non-hydrogen) atoms. The molecule has 1 aromatic heterocycles. The van der Waals surface area contributed by atoms with E-state index in [0.717, 1.165) is 16.3 Å². The average molecular weight is 384 g/mol. The smallest absolute Gasteiger partial charge is 0.273 e. The molecule has 0 aliphatic rings. The summed E-state index contributed by atoms with van der Waals surface area (Å²) in [4.78, 5) is 18.8. The van der Waals surface area contributed by atoms with Crippen molar-refractivity contribution in [2.45, 2.75) is 27.0 Å². The number of amides is 1. The van der Waals surface area contributed by atoms with Crippen molar-refractivity contribution in [1.29, 1.82) is 0 Å². The van der Waals surface area contributed by atoms with Crippen LogP contribution in [-0.4, -0.2) is 22.3 Å². The van der Waals surface area contributed by atoms with E-state index in [0.29, 0.717) is 25.4 Å². The molecule has 0 saturated carbocycles. The average Bonchev–Trinajstić information content (AvgIpc) is 3.14. The van der Waals surface area contributed by atoms with Gasteiger partial charge in [-0.25, -0.2) is 9.37 Å². The maximum Gasteiger partial charge on any atom is 0.273 e. The van der Waals surface area contributed by atoms with E-state index in [1.165, 1.54) is 29.0 Å². The molecule has 0 aliphatic heterocycles. The summed E-state index contributed by atoms with van der Waals surface area (Å²) in [6.07, 6.45) is 0. The summed E-state index contributed by atoms with van der Waals surface area (Å²) < 4.78 is 19.1. The number of thiazole rings is 1. The van der Waals surface area contributed by atoms with Gasteiger partial charge in [-0.2, -0.15) is 0 Å². The molecular weight excluding hydrogens is 363 g/mol. The van der Waals surface area contributed by atoms with Crippen molar-refractivity contribution < 1.29 is 13.9 Å². The van der Waals surface area contributed by atoms with E-state index in [2.05, 4.69) is 4.98 Å². The van der Waals surface area contributed by atoms with Gasteiger partial charge in [-0.1, -0.05) is 29.8 Å². The number of benzene rings is 2. The van der Waals surface area contributed by atoms with Crippen LogP contribution in [0.2, 0.25) is 0 Å². The summed E-state index contributed by atoms with van der Waals surface area (Å²) in [5.74, 6) is 0.296. The van der Waals surface area contributed by atoms with Gasteiger partial charge in [0.05, 0.1) is 0 Å². The van der Waals surface area contributed by atoms with E-state index < -0.39 is 0 Å². The van der Waals surface area contributed by atoms with Crippen LogP contribution in [0, 0.1) is 12.7 Å². The minimum Gasteiger partial charge on any atom is -0.486 e. The Balaban J connectivity index is 1.63. The highest BCUT2D eigenvalue weighted by atomic mass is 32.1. The highest BCUT2D eigenvalue weighted by Crippen LogP contribution is 2.18. The van der Waals surface area contributed by atoms with Crippen LogP contribution in [0.4, 0.5) is 4.39 Å². The maximum atomic E-state index is 13.4. The van der Waals surface area contributed by atoms with Crippen molar-refractivity contribution in [3.63, 3.8) is 0 Å². The third-order valence-corrected chi connectivity index (χ3v) is 4.91. The van der Waals surface area contributed by atoms with Crippen LogP contribution in [0.25, 0.3) is 0 Å². The van der Waals surface area contributed by atoms with E-state index >= 15 is 0 Å². The van der Waals surface area contributed by atoms with E-state index in [-0.39, 0.29) is 11.7 Å². The summed E-state index contributed by atoms with van der Waals surface area (Å²) in [7, 11) is 0. The first-order chi connectivity index (χ1) is 13.0. The summed E-state index contributed by atoms with van der Waals surface area (Å²) in [5.41, 5.74) is 2.31. The fourth-order valence-electron chi connectivity index (χ4n) is 2.60. The number of aryl methyl sites for hydroxylation is 1. The van der Waals surface area contributed by atoms with Gasteiger partial charge in [0.2, 0.25) is 0 Å². The van der Waals surface area contributed by atoms with Crippen molar-refractivity contribution in [1.82, 2.24) is 9.88 Å². The monoisotopic (exact) mass is 384 g/mol. The molecule has 3 rings (SSSR count). The van der Waals surface area contributed by atoms with Crippen molar-refractivity contribution in [3.8, 4) is 5.75 Å². The number of carbonyl (C=O) groups is 1. The summed E-state index contributed by atoms with van der Waals surface area (Å²) in [6, 6.07) is 14.1. The third kappa shape index (κ3) is 5.14. The van der Waals surface area contributed by atoms with Gasteiger partial charge < -0.3 is 9.64 Å². The molecule has 140 valence electrons. The Kier molecular flexibility index (Phi) is 6.19. The largest absolute Gasteiger partial charge is 0.486 e. The van der Waals surface area contributed by atoms with Crippen LogP contribution in [0.15, 0.2) is 53.9 Å². The zero-order valence-electron chi connectivity index (χ0n) is 15.3. The Morgan fingerprint density at radius 2 is 2.00 bits per heavy atom. The summed E-state index contributed by atoms with van der Waals surface area (Å²) in [5, 5.41) is 2.48. The lowest BCUT2D eigenvalue weighted by molar-refractivity contribution is 0.0747. The second kappa shape index (κ2) is 8.77. The Morgan fingerprint density at radius 1 is 1.22 bits per heavy atom. The van der Waals surface area contributed by atoms with Crippen molar-refractivity contribution in [2.24, 2.45) is 0 Å². The van der Waals surface area contributed by atoms with Crippen LogP contribution in [0.3, 0.4) is 0 Å². The SMILES string of the molecule is CCN(Cc1cccc(F)c1)C(=O)c1csc(COc2ccc(C)cc2)n1. The molecule has 0 atom stereocenters. The standard InChI is InChI=1S/C21H21FN2O2S/c1-3-24(12-16-5-4-6-17(22)11-16)21(25)19-14-27-20(23-19)13-26-18-9-7-15(2)8-10-18/h4-11,14H,3,12-13H2,1-2H3. The Morgan fingerprint density at radius 3 is 2.70 bits per heavy atom. The predicted octanol–water partition coefficient (Wildman–Crippen LogP) is 4.83. The van der Waals surface area contributed by atoms with E-state index in [1.807, 2.05) is 38.1 Å². The lowest BCUT2D eigenvalue weighted by Gasteiger charge is -2.20. The minimum absolute atomic E-state index is 0.167. The second-order valence-electron chi connectivity index (χ2n) is 6.18. The topological polar surface area (TPSA) is 42.4 Å². The van der Waals surface area contributed by atoms with Crippen LogP contribution >= 0.6 is 11.3 Å². The predicted molar refractivity (Wildman–Crippen MR) is 104 cm³/mol. The second-order valence-corrected chi connectivity index (χ2v) is 7.12. The van der Waals surface area contributed by atoms with Crippen LogP contribution < -0.4 is 4.74 Å². The molecule has 1 amide bonds. The molecule has 2 aromatic carbocycles. The number of aromatic nitrogens is 1. The normalized spacial score (nSPS) is 10.6. The zero-order chi connectivity index (χ0) is 19.2. The number of carbonyl (C=O) groups excluding carboxylic acids is 1. The molecule has 1 heterocycles. The van der Waals surface area contributed by atoms with Gasteiger partial charge in [0, 0.05) is 18.5 Å². The number of halogens is 1. The Labute approximate surface area is 162 Å². The lowest BCUT2D eigenvalue weighted by atomic mass is 10.2. The molecule has 0 fully saturated rings. The highest BCUT2D eigenvalue weighted by Gasteiger charge is 2.18. The number of hydrogen-bond donors (Lipinski definition) is 0. The van der Waals surface area contributed by atoms with Crippen molar-refractivity contribution in [3.05, 3.63) is 81.6 Å². The highest BCUT2D eigenvalue weighted by molar-refractivity contribution is 7.09. The molecule has 3 aromatic rings. The van der Waals surface area contributed by atoms with Gasteiger partial charge in [0.25, 0.3) is 5.91 Å². The maximum absolute atomic E-state index is 13.4. The van der Waals surface area contributed by atoms with E-state index in [4.69, 9.17) is 4.74 Å². The Bertz CT molecular complexity index is 909. The number of nitrogens with zero attached hydrogens (tertiary/aromatic N) is 2. The van der Waals surface area contributed by atoms with Gasteiger partial charge in [-0.05, 0) is 43.7 Å². The van der Waals surface area contributed by atoms with Gasteiger partial charge in [0.1, 0.15) is 28.9 Å². The zero-order valence-corrected chi connectivity index (χ0v) is 16.1. The van der Waals surface area contributed by atoms with Gasteiger partial charge in [-0.15, -0.1) is 11.3 Å². The van der Waals surface area contributed by atoms with Crippen molar-refractivity contribution >= 4 is 17.2 Å². The van der Waals surface area contributed by atoms with Crippen LogP contribution in [-0.2, 0) is 13.2 Å². The first kappa shape index (κ1) is 19.0. The summed E-state index contributed by atoms with van der Waals surface area (Å²) in [6.45, 7) is 5.09. The first-order valence-electron chi connectivity index (χ1n) is 8.72. The molecule has 0 aliphatic carbocycles. The first-order valence-corrected chi connectivity index (χ1v) is 9.60. The fraction of sp³-hybridized carbons (Fsp3) is 0.238. The van der Waals surface area contributed by atoms with E-state index in [9.17, 15) is 9.18 Å². The molecule has 0 bridgehead atoms. The van der Waals surface area contributed by atoms with E-state index in [1.54, 1.807) is 22.4 Å². The van der Waals surface area contributed by atoms with Crippen LogP contribution in [0.1, 0.15) is 33.5 Å². The summed E-state index contributed by atoms with van der Waals surface area (Å²) >= 11 is 1.39. The van der Waals surface area contributed by atoms with Crippen LogP contribution in [0.5, 0.6) is 5.75 Å². The minimum atomic E-state index is -0.305. The molecule has 4 nitrogen and oxygen atoms in total. The molecule has 6 heteroatoms. The lowest BCUT2D eigenvalue weighted by Crippen LogP contribution is -2.30. The Hall–Kier alpha value is -2.73.